The molecule has 3 heterocycles. The summed E-state index contributed by atoms with van der Waals surface area (Å²) >= 11 is 2.01. The molecular weight excluding hydrogens is 639 g/mol. The maximum atomic E-state index is 5.70. The minimum atomic E-state index is -0.181. The van der Waals surface area contributed by atoms with E-state index < -0.39 is 0 Å². The Morgan fingerprint density at radius 1 is 0.843 bits per heavy atom. The van der Waals surface area contributed by atoms with Crippen molar-refractivity contribution >= 4 is 57.1 Å². The van der Waals surface area contributed by atoms with Gasteiger partial charge in [0, 0.05) is 49.4 Å². The fourth-order valence-corrected chi connectivity index (χ4v) is 11.7. The number of allylic oxidation sites excluding steroid dienone is 11. The second-order valence-corrected chi connectivity index (χ2v) is 17.1. The van der Waals surface area contributed by atoms with Gasteiger partial charge in [-0.3, -0.25) is 5.32 Å². The molecule has 1 N–H and O–H groups in total. The molecular formula is C47H43N3S. The fourth-order valence-electron chi connectivity index (χ4n) is 10.3. The van der Waals surface area contributed by atoms with Gasteiger partial charge in [-0.1, -0.05) is 117 Å². The van der Waals surface area contributed by atoms with Crippen LogP contribution in [0, 0.1) is 17.3 Å². The van der Waals surface area contributed by atoms with Gasteiger partial charge in [0.05, 0.1) is 16.7 Å². The molecule has 6 aliphatic carbocycles. The van der Waals surface area contributed by atoms with Crippen molar-refractivity contribution in [3.63, 3.8) is 0 Å². The number of hydrogen-bond donors (Lipinski definition) is 1. The Labute approximate surface area is 303 Å². The number of para-hydroxylation sites is 1. The number of aliphatic imine (C=N–C) groups is 1. The molecule has 1 fully saturated rings. The molecule has 1 aliphatic heterocycles. The zero-order chi connectivity index (χ0) is 33.8. The molecule has 2 aromatic carbocycles. The molecule has 0 spiro atoms. The SMILES string of the molecule is CC1(C)C2=CC(C3=NC(n4c5ccccc5c5cc(C6C=c7sc8c(c7=CC6)C=CCC8)ccc54)NC4CC=CC=C34)CC=C2C2CC=CC=C21. The number of benzene rings is 2. The number of thiophene rings is 1. The zero-order valence-corrected chi connectivity index (χ0v) is 30.2. The second kappa shape index (κ2) is 11.2. The number of fused-ring (bicyclic) bond motifs is 10. The van der Waals surface area contributed by atoms with Crippen LogP contribution in [0.5, 0.6) is 0 Å². The topological polar surface area (TPSA) is 29.3 Å². The summed E-state index contributed by atoms with van der Waals surface area (Å²) in [4.78, 5) is 7.26. The molecule has 5 unspecified atom stereocenters. The lowest BCUT2D eigenvalue weighted by atomic mass is 9.76. The molecule has 11 rings (SSSR count). The van der Waals surface area contributed by atoms with E-state index in [4.69, 9.17) is 4.99 Å². The van der Waals surface area contributed by atoms with E-state index in [0.717, 1.165) is 32.1 Å². The third kappa shape index (κ3) is 4.49. The minimum Gasteiger partial charge on any atom is -0.305 e. The Bertz CT molecular complexity index is 2570. The Kier molecular flexibility index (Phi) is 6.65. The highest BCUT2D eigenvalue weighted by Gasteiger charge is 2.46. The largest absolute Gasteiger partial charge is 0.305 e. The first-order valence-corrected chi connectivity index (χ1v) is 19.9. The predicted molar refractivity (Wildman–Crippen MR) is 215 cm³/mol. The molecule has 252 valence electrons. The van der Waals surface area contributed by atoms with Crippen LogP contribution in [0.15, 0.2) is 124 Å². The fraction of sp³-hybridized carbons (Fsp3) is 0.298. The van der Waals surface area contributed by atoms with E-state index >= 15 is 0 Å². The molecule has 3 nitrogen and oxygen atoms in total. The van der Waals surface area contributed by atoms with Crippen LogP contribution in [0.1, 0.15) is 74.2 Å². The average molecular weight is 682 g/mol. The zero-order valence-electron chi connectivity index (χ0n) is 29.4. The van der Waals surface area contributed by atoms with Crippen LogP contribution in [0.4, 0.5) is 0 Å². The lowest BCUT2D eigenvalue weighted by molar-refractivity contribution is 0.384. The Balaban J connectivity index is 1.01. The number of aromatic nitrogens is 1. The molecule has 1 saturated carbocycles. The Morgan fingerprint density at radius 3 is 2.67 bits per heavy atom. The van der Waals surface area contributed by atoms with Crippen molar-refractivity contribution in [2.24, 2.45) is 22.2 Å². The lowest BCUT2D eigenvalue weighted by Gasteiger charge is -2.37. The van der Waals surface area contributed by atoms with Gasteiger partial charge in [-0.25, -0.2) is 4.99 Å². The third-order valence-corrected chi connectivity index (χ3v) is 14.1. The molecule has 0 saturated heterocycles. The second-order valence-electron chi connectivity index (χ2n) is 16.0. The predicted octanol–water partition coefficient (Wildman–Crippen LogP) is 9.73. The van der Waals surface area contributed by atoms with Gasteiger partial charge in [-0.05, 0) is 89.8 Å². The molecule has 0 bridgehead atoms. The number of nitrogens with zero attached hydrogens (tertiary/aromatic N) is 2. The van der Waals surface area contributed by atoms with E-state index in [1.54, 1.807) is 16.0 Å². The monoisotopic (exact) mass is 681 g/mol. The van der Waals surface area contributed by atoms with E-state index in [2.05, 4.69) is 139 Å². The van der Waals surface area contributed by atoms with Crippen LogP contribution in [-0.2, 0) is 6.42 Å². The van der Waals surface area contributed by atoms with Crippen molar-refractivity contribution in [3.8, 4) is 0 Å². The van der Waals surface area contributed by atoms with Gasteiger partial charge in [0.2, 0.25) is 0 Å². The van der Waals surface area contributed by atoms with Gasteiger partial charge >= 0.3 is 0 Å². The normalized spacial score (nSPS) is 28.3. The maximum absolute atomic E-state index is 5.70. The molecule has 0 amide bonds. The van der Waals surface area contributed by atoms with Crippen molar-refractivity contribution < 1.29 is 0 Å². The maximum Gasteiger partial charge on any atom is 0.181 e. The summed E-state index contributed by atoms with van der Waals surface area (Å²) in [6, 6.07) is 16.4. The van der Waals surface area contributed by atoms with Crippen molar-refractivity contribution in [2.75, 3.05) is 0 Å². The highest BCUT2D eigenvalue weighted by atomic mass is 32.1. The van der Waals surface area contributed by atoms with Crippen molar-refractivity contribution in [3.05, 3.63) is 145 Å². The summed E-state index contributed by atoms with van der Waals surface area (Å²) in [7, 11) is 0. The molecule has 7 aliphatic rings. The van der Waals surface area contributed by atoms with E-state index in [0.29, 0.717) is 11.8 Å². The van der Waals surface area contributed by atoms with Gasteiger partial charge in [-0.15, -0.1) is 11.3 Å². The third-order valence-electron chi connectivity index (χ3n) is 12.9. The lowest BCUT2D eigenvalue weighted by Crippen LogP contribution is -2.45. The summed E-state index contributed by atoms with van der Waals surface area (Å²) in [5.41, 5.74) is 12.7. The van der Waals surface area contributed by atoms with Crippen LogP contribution in [-0.4, -0.2) is 16.3 Å². The highest BCUT2D eigenvalue weighted by molar-refractivity contribution is 7.10. The molecule has 0 radical (unpaired) electrons. The van der Waals surface area contributed by atoms with Crippen LogP contribution >= 0.6 is 11.3 Å². The van der Waals surface area contributed by atoms with Gasteiger partial charge < -0.3 is 4.57 Å². The molecule has 4 heteroatoms. The first-order chi connectivity index (χ1) is 25.0. The summed E-state index contributed by atoms with van der Waals surface area (Å²) in [6.45, 7) is 4.86. The van der Waals surface area contributed by atoms with Gasteiger partial charge in [0.15, 0.2) is 6.29 Å². The number of rotatable bonds is 3. The van der Waals surface area contributed by atoms with Crippen LogP contribution < -0.4 is 15.1 Å². The quantitative estimate of drug-likeness (QED) is 0.229. The molecule has 2 aromatic heterocycles. The van der Waals surface area contributed by atoms with E-state index in [-0.39, 0.29) is 23.7 Å². The minimum absolute atomic E-state index is 0.0482. The summed E-state index contributed by atoms with van der Waals surface area (Å²) in [5.74, 6) is 1.19. The first-order valence-electron chi connectivity index (χ1n) is 19.1. The van der Waals surface area contributed by atoms with Crippen molar-refractivity contribution in [1.82, 2.24) is 9.88 Å². The number of hydrogen-bond acceptors (Lipinski definition) is 3. The summed E-state index contributed by atoms with van der Waals surface area (Å²) in [6.07, 6.45) is 35.1. The van der Waals surface area contributed by atoms with Crippen molar-refractivity contribution in [1.29, 1.82) is 0 Å². The Morgan fingerprint density at radius 2 is 1.71 bits per heavy atom. The highest BCUT2D eigenvalue weighted by Crippen LogP contribution is 2.57. The van der Waals surface area contributed by atoms with Gasteiger partial charge in [0.25, 0.3) is 0 Å². The first kappa shape index (κ1) is 30.1. The number of aryl methyl sites for hydroxylation is 1. The van der Waals surface area contributed by atoms with E-state index in [1.165, 1.54) is 66.0 Å². The summed E-state index contributed by atoms with van der Waals surface area (Å²) < 4.78 is 3.94. The molecule has 4 aromatic rings. The van der Waals surface area contributed by atoms with Crippen molar-refractivity contribution in [2.45, 2.75) is 70.6 Å². The van der Waals surface area contributed by atoms with Crippen LogP contribution in [0.25, 0.3) is 40.0 Å². The standard InChI is InChI=1S/C47H43N3S/c1-47(2)38-15-7-3-11-31(38)32-22-20-30(26-39(32)47)45-36-14-4-8-16-40(36)48-46(49-45)50-41-17-9-5-12-33(41)37-25-28(21-24-42(37)50)29-19-23-35-34-13-6-10-18-43(34)51-44(35)27-29/h3-9,12-15,17,21-27,29-31,40,46,48H,10-11,16,18-20H2,1-2H3. The number of nitrogens with one attached hydrogen (secondary N) is 1. The van der Waals surface area contributed by atoms with Gasteiger partial charge in [0.1, 0.15) is 0 Å². The molecule has 51 heavy (non-hydrogen) atoms. The average Bonchev–Trinajstić information content (AvgIpc) is 3.79. The van der Waals surface area contributed by atoms with Crippen LogP contribution in [0.3, 0.4) is 0 Å². The van der Waals surface area contributed by atoms with Crippen LogP contribution in [0.2, 0.25) is 0 Å². The Hall–Kier alpha value is -4.51. The smallest absolute Gasteiger partial charge is 0.181 e. The van der Waals surface area contributed by atoms with E-state index in [1.807, 2.05) is 11.3 Å². The van der Waals surface area contributed by atoms with Gasteiger partial charge in [-0.2, -0.15) is 0 Å². The summed E-state index contributed by atoms with van der Waals surface area (Å²) in [5, 5.41) is 8.11. The van der Waals surface area contributed by atoms with E-state index in [9.17, 15) is 0 Å². The molecule has 5 atom stereocenters.